The third-order valence-electron chi connectivity index (χ3n) is 2.39. The van der Waals surface area contributed by atoms with Gasteiger partial charge in [-0.05, 0) is 30.7 Å². The molecule has 96 valence electrons. The van der Waals surface area contributed by atoms with Crippen molar-refractivity contribution < 1.29 is 13.2 Å². The molecule has 0 aliphatic rings. The fourth-order valence-electron chi connectivity index (χ4n) is 1.35. The first-order chi connectivity index (χ1) is 7.93. The largest absolute Gasteiger partial charge is 0.416 e. The summed E-state index contributed by atoms with van der Waals surface area (Å²) in [5.41, 5.74) is 5.74. The SMILES string of the molecule is CC(CCN)SCc1ccc(C(F)(F)F)cc1. The molecule has 1 nitrogen and oxygen atoms in total. The normalized spacial score (nSPS) is 13.7. The monoisotopic (exact) mass is 263 g/mol. The van der Waals surface area contributed by atoms with Crippen LogP contribution < -0.4 is 5.73 Å². The molecule has 1 atom stereocenters. The molecule has 0 saturated carbocycles. The van der Waals surface area contributed by atoms with Gasteiger partial charge in [-0.15, -0.1) is 0 Å². The molecule has 0 amide bonds. The van der Waals surface area contributed by atoms with E-state index in [4.69, 9.17) is 5.73 Å². The van der Waals surface area contributed by atoms with E-state index in [-0.39, 0.29) is 0 Å². The Bertz CT molecular complexity index is 335. The number of halogens is 3. The van der Waals surface area contributed by atoms with Gasteiger partial charge in [0, 0.05) is 11.0 Å². The van der Waals surface area contributed by atoms with Crippen molar-refractivity contribution in [3.05, 3.63) is 35.4 Å². The van der Waals surface area contributed by atoms with Gasteiger partial charge in [-0.25, -0.2) is 0 Å². The quantitative estimate of drug-likeness (QED) is 0.877. The van der Waals surface area contributed by atoms with E-state index in [0.717, 1.165) is 29.9 Å². The fraction of sp³-hybridized carbons (Fsp3) is 0.500. The zero-order chi connectivity index (χ0) is 12.9. The van der Waals surface area contributed by atoms with Crippen LogP contribution in [0.4, 0.5) is 13.2 Å². The van der Waals surface area contributed by atoms with Gasteiger partial charge in [-0.1, -0.05) is 19.1 Å². The summed E-state index contributed by atoms with van der Waals surface area (Å²) >= 11 is 1.71. The van der Waals surface area contributed by atoms with Crippen LogP contribution in [0.15, 0.2) is 24.3 Å². The van der Waals surface area contributed by atoms with Gasteiger partial charge in [-0.2, -0.15) is 24.9 Å². The first kappa shape index (κ1) is 14.4. The highest BCUT2D eigenvalue weighted by Gasteiger charge is 2.29. The molecule has 1 aromatic rings. The number of rotatable bonds is 5. The maximum atomic E-state index is 12.3. The average molecular weight is 263 g/mol. The van der Waals surface area contributed by atoms with E-state index in [0.29, 0.717) is 11.8 Å². The summed E-state index contributed by atoms with van der Waals surface area (Å²) < 4.78 is 36.9. The minimum absolute atomic E-state index is 0.433. The Morgan fingerprint density at radius 2 is 1.82 bits per heavy atom. The topological polar surface area (TPSA) is 26.0 Å². The molecule has 0 fully saturated rings. The third-order valence-corrected chi connectivity index (χ3v) is 3.69. The van der Waals surface area contributed by atoms with Gasteiger partial charge >= 0.3 is 6.18 Å². The van der Waals surface area contributed by atoms with Crippen molar-refractivity contribution >= 4 is 11.8 Å². The predicted molar refractivity (Wildman–Crippen MR) is 65.9 cm³/mol. The van der Waals surface area contributed by atoms with Gasteiger partial charge in [0.15, 0.2) is 0 Å². The zero-order valence-electron chi connectivity index (χ0n) is 9.63. The molecular formula is C12H16F3NS. The highest BCUT2D eigenvalue weighted by Crippen LogP contribution is 2.29. The second-order valence-corrected chi connectivity index (χ2v) is 5.32. The molecule has 5 heteroatoms. The van der Waals surface area contributed by atoms with E-state index in [2.05, 4.69) is 6.92 Å². The minimum Gasteiger partial charge on any atom is -0.330 e. The summed E-state index contributed by atoms with van der Waals surface area (Å²) in [5, 5.41) is 0.433. The van der Waals surface area contributed by atoms with Crippen LogP contribution in [0.25, 0.3) is 0 Å². The van der Waals surface area contributed by atoms with Crippen LogP contribution >= 0.6 is 11.8 Å². The summed E-state index contributed by atoms with van der Waals surface area (Å²) in [6.45, 7) is 2.71. The fourth-order valence-corrected chi connectivity index (χ4v) is 2.32. The molecule has 0 saturated heterocycles. The number of thioether (sulfide) groups is 1. The molecule has 0 heterocycles. The molecule has 0 aliphatic carbocycles. The Morgan fingerprint density at radius 3 is 2.29 bits per heavy atom. The van der Waals surface area contributed by atoms with E-state index in [9.17, 15) is 13.2 Å². The Labute approximate surface area is 104 Å². The Kier molecular flexibility index (Phi) is 5.33. The average Bonchev–Trinajstić information content (AvgIpc) is 2.26. The van der Waals surface area contributed by atoms with Crippen molar-refractivity contribution in [2.24, 2.45) is 5.73 Å². The van der Waals surface area contributed by atoms with Crippen molar-refractivity contribution in [2.45, 2.75) is 30.5 Å². The first-order valence-corrected chi connectivity index (χ1v) is 6.46. The van der Waals surface area contributed by atoms with Crippen LogP contribution in [0.1, 0.15) is 24.5 Å². The van der Waals surface area contributed by atoms with Gasteiger partial charge in [-0.3, -0.25) is 0 Å². The van der Waals surface area contributed by atoms with E-state index in [1.54, 1.807) is 11.8 Å². The summed E-state index contributed by atoms with van der Waals surface area (Å²) in [6, 6.07) is 5.32. The molecular weight excluding hydrogens is 247 g/mol. The van der Waals surface area contributed by atoms with E-state index in [1.807, 2.05) is 0 Å². The van der Waals surface area contributed by atoms with Crippen molar-refractivity contribution in [2.75, 3.05) is 6.54 Å². The van der Waals surface area contributed by atoms with Gasteiger partial charge in [0.1, 0.15) is 0 Å². The lowest BCUT2D eigenvalue weighted by Crippen LogP contribution is -2.07. The molecule has 1 rings (SSSR count). The van der Waals surface area contributed by atoms with Crippen molar-refractivity contribution in [3.63, 3.8) is 0 Å². The van der Waals surface area contributed by atoms with Crippen LogP contribution in [-0.4, -0.2) is 11.8 Å². The molecule has 0 bridgehead atoms. The number of nitrogens with two attached hydrogens (primary N) is 1. The lowest BCUT2D eigenvalue weighted by atomic mass is 10.1. The van der Waals surface area contributed by atoms with Crippen LogP contribution in [-0.2, 0) is 11.9 Å². The lowest BCUT2D eigenvalue weighted by Gasteiger charge is -2.10. The number of benzene rings is 1. The molecule has 0 aromatic heterocycles. The maximum Gasteiger partial charge on any atom is 0.416 e. The second kappa shape index (κ2) is 6.31. The lowest BCUT2D eigenvalue weighted by molar-refractivity contribution is -0.137. The third kappa shape index (κ3) is 5.00. The second-order valence-electron chi connectivity index (χ2n) is 3.89. The van der Waals surface area contributed by atoms with Crippen molar-refractivity contribution in [3.8, 4) is 0 Å². The predicted octanol–water partition coefficient (Wildman–Crippen LogP) is 3.68. The smallest absolute Gasteiger partial charge is 0.330 e. The maximum absolute atomic E-state index is 12.3. The number of hydrogen-bond donors (Lipinski definition) is 1. The Morgan fingerprint density at radius 1 is 1.24 bits per heavy atom. The van der Waals surface area contributed by atoms with E-state index in [1.165, 1.54) is 12.1 Å². The molecule has 17 heavy (non-hydrogen) atoms. The molecule has 0 aliphatic heterocycles. The van der Waals surface area contributed by atoms with E-state index < -0.39 is 11.7 Å². The molecule has 1 aromatic carbocycles. The van der Waals surface area contributed by atoms with Crippen molar-refractivity contribution in [1.82, 2.24) is 0 Å². The van der Waals surface area contributed by atoms with Gasteiger partial charge in [0.2, 0.25) is 0 Å². The van der Waals surface area contributed by atoms with Gasteiger partial charge in [0.05, 0.1) is 5.56 Å². The van der Waals surface area contributed by atoms with Crippen LogP contribution in [0.2, 0.25) is 0 Å². The summed E-state index contributed by atoms with van der Waals surface area (Å²) in [5.74, 6) is 0.722. The van der Waals surface area contributed by atoms with E-state index >= 15 is 0 Å². The molecule has 0 spiro atoms. The summed E-state index contributed by atoms with van der Waals surface area (Å²) in [7, 11) is 0. The van der Waals surface area contributed by atoms with Crippen LogP contribution in [0.5, 0.6) is 0 Å². The molecule has 2 N–H and O–H groups in total. The standard InChI is InChI=1S/C12H16F3NS/c1-9(6-7-16)17-8-10-2-4-11(5-3-10)12(13,14)15/h2-5,9H,6-8,16H2,1H3. The zero-order valence-corrected chi connectivity index (χ0v) is 10.4. The van der Waals surface area contributed by atoms with Crippen LogP contribution in [0.3, 0.4) is 0 Å². The number of alkyl halides is 3. The highest BCUT2D eigenvalue weighted by atomic mass is 32.2. The highest BCUT2D eigenvalue weighted by molar-refractivity contribution is 7.99. The van der Waals surface area contributed by atoms with Gasteiger partial charge in [0.25, 0.3) is 0 Å². The minimum atomic E-state index is -4.25. The summed E-state index contributed by atoms with van der Waals surface area (Å²) in [6.07, 6.45) is -3.33. The number of hydrogen-bond acceptors (Lipinski definition) is 2. The van der Waals surface area contributed by atoms with Crippen molar-refractivity contribution in [1.29, 1.82) is 0 Å². The molecule has 0 radical (unpaired) electrons. The van der Waals surface area contributed by atoms with Crippen LogP contribution in [0, 0.1) is 0 Å². The molecule has 1 unspecified atom stereocenters. The first-order valence-electron chi connectivity index (χ1n) is 5.41. The Balaban J connectivity index is 2.51. The van der Waals surface area contributed by atoms with Gasteiger partial charge < -0.3 is 5.73 Å². The summed E-state index contributed by atoms with van der Waals surface area (Å²) in [4.78, 5) is 0. The Hall–Kier alpha value is -0.680.